The minimum atomic E-state index is 0.852. The third-order valence-corrected chi connectivity index (χ3v) is 1.53. The highest BCUT2D eigenvalue weighted by Crippen LogP contribution is 2.12. The highest BCUT2D eigenvalue weighted by Gasteiger charge is 2.39. The summed E-state index contributed by atoms with van der Waals surface area (Å²) in [5.74, 6) is 0. The first-order valence-electron chi connectivity index (χ1n) is 4.43. The topological polar surface area (TPSA) is 34.0 Å². The van der Waals surface area contributed by atoms with Crippen LogP contribution >= 0.6 is 0 Å². The molecule has 2 heterocycles. The lowest BCUT2D eigenvalue weighted by Gasteiger charge is -1.88. The second-order valence-corrected chi connectivity index (χ2v) is 2.04. The van der Waals surface area contributed by atoms with Gasteiger partial charge < -0.3 is 10.6 Å². The summed E-state index contributed by atoms with van der Waals surface area (Å²) in [6.07, 6.45) is 0. The van der Waals surface area contributed by atoms with Crippen LogP contribution in [0.4, 0.5) is 0 Å². The summed E-state index contributed by atoms with van der Waals surface area (Å²) >= 11 is 0. The quantitative estimate of drug-likeness (QED) is 0.497. The summed E-state index contributed by atoms with van der Waals surface area (Å²) in [5.41, 5.74) is 0. The van der Waals surface area contributed by atoms with Gasteiger partial charge in [0.1, 0.15) is 0 Å². The van der Waals surface area contributed by atoms with E-state index in [1.165, 1.54) is 13.1 Å². The van der Waals surface area contributed by atoms with Crippen LogP contribution in [0.3, 0.4) is 0 Å². The highest BCUT2D eigenvalue weighted by atomic mass is 15.2. The number of hydrogen-bond donors (Lipinski definition) is 2. The summed E-state index contributed by atoms with van der Waals surface area (Å²) in [6.45, 7) is 10.4. The van der Waals surface area contributed by atoms with E-state index in [1.54, 1.807) is 0 Å². The highest BCUT2D eigenvalue weighted by molar-refractivity contribution is 5.05. The van der Waals surface area contributed by atoms with Crippen LogP contribution in [0, 0.1) is 0 Å². The molecule has 2 N–H and O–H groups in total. The van der Waals surface area contributed by atoms with Gasteiger partial charge in [-0.3, -0.25) is 0 Å². The smallest absolute Gasteiger partial charge is 0.0362 e. The van der Waals surface area contributed by atoms with Gasteiger partial charge in [0.15, 0.2) is 0 Å². The molecule has 0 amide bonds. The molecule has 2 nitrogen and oxygen atoms in total. The second-order valence-electron chi connectivity index (χ2n) is 2.04. The molecule has 62 valence electrons. The van der Waals surface area contributed by atoms with E-state index < -0.39 is 0 Å². The van der Waals surface area contributed by atoms with Crippen molar-refractivity contribution in [3.8, 4) is 0 Å². The van der Waals surface area contributed by atoms with E-state index in [4.69, 9.17) is 0 Å². The van der Waals surface area contributed by atoms with Gasteiger partial charge >= 0.3 is 0 Å². The number of nitrogens with one attached hydrogen (secondary N) is 2. The molecule has 0 bridgehead atoms. The van der Waals surface area contributed by atoms with Gasteiger partial charge in [-0.1, -0.05) is 27.7 Å². The van der Waals surface area contributed by atoms with Crippen molar-refractivity contribution in [2.45, 2.75) is 39.8 Å². The SMILES string of the molecule is C1NCC2NC12.CC.CC. The Morgan fingerprint density at radius 3 is 1.40 bits per heavy atom. The molecule has 0 spiro atoms. The lowest BCUT2D eigenvalue weighted by molar-refractivity contribution is 0.737. The van der Waals surface area contributed by atoms with Crippen molar-refractivity contribution in [1.82, 2.24) is 10.6 Å². The molecule has 2 saturated heterocycles. The Kier molecular flexibility index (Phi) is 5.64. The summed E-state index contributed by atoms with van der Waals surface area (Å²) in [5, 5.41) is 6.56. The molecule has 10 heavy (non-hydrogen) atoms. The lowest BCUT2D eigenvalue weighted by Crippen LogP contribution is -2.18. The summed E-state index contributed by atoms with van der Waals surface area (Å²) < 4.78 is 0. The number of fused-ring (bicyclic) bond motifs is 1. The normalized spacial score (nSPS) is 32.4. The maximum absolute atomic E-state index is 3.31. The van der Waals surface area contributed by atoms with Gasteiger partial charge in [0.25, 0.3) is 0 Å². The molecule has 2 rings (SSSR count). The van der Waals surface area contributed by atoms with Crippen LogP contribution in [0.2, 0.25) is 0 Å². The van der Waals surface area contributed by atoms with Crippen LogP contribution in [-0.2, 0) is 0 Å². The van der Waals surface area contributed by atoms with E-state index in [1.807, 2.05) is 27.7 Å². The van der Waals surface area contributed by atoms with E-state index in [9.17, 15) is 0 Å². The average Bonchev–Trinajstić information content (AvgIpc) is 2.67. The molecule has 2 aliphatic heterocycles. The molecule has 0 aromatic carbocycles. The van der Waals surface area contributed by atoms with Gasteiger partial charge in [-0.05, 0) is 0 Å². The van der Waals surface area contributed by atoms with Gasteiger partial charge in [0.2, 0.25) is 0 Å². The standard InChI is InChI=1S/C4H8N2.2C2H6/c1-3-4(6-3)2-5-1;2*1-2/h3-6H,1-2H2;2*1-2H3. The van der Waals surface area contributed by atoms with E-state index in [2.05, 4.69) is 10.6 Å². The molecule has 2 fully saturated rings. The van der Waals surface area contributed by atoms with Crippen LogP contribution < -0.4 is 10.6 Å². The Balaban J connectivity index is 0.000000180. The van der Waals surface area contributed by atoms with Gasteiger partial charge in [-0.25, -0.2) is 0 Å². The fourth-order valence-electron chi connectivity index (χ4n) is 1.02. The van der Waals surface area contributed by atoms with Crippen molar-refractivity contribution in [2.24, 2.45) is 0 Å². The van der Waals surface area contributed by atoms with Crippen molar-refractivity contribution in [3.05, 3.63) is 0 Å². The van der Waals surface area contributed by atoms with Crippen LogP contribution in [-0.4, -0.2) is 25.2 Å². The molecule has 0 saturated carbocycles. The Bertz CT molecular complexity index is 65.7. The minimum absolute atomic E-state index is 0.852. The molecule has 0 aromatic heterocycles. The zero-order chi connectivity index (χ0) is 7.98. The minimum Gasteiger partial charge on any atom is -0.314 e. The predicted molar refractivity (Wildman–Crippen MR) is 46.3 cm³/mol. The number of hydrogen-bond acceptors (Lipinski definition) is 2. The van der Waals surface area contributed by atoms with E-state index in [0.29, 0.717) is 0 Å². The summed E-state index contributed by atoms with van der Waals surface area (Å²) in [6, 6.07) is 1.70. The number of piperazine rings is 1. The van der Waals surface area contributed by atoms with E-state index in [0.717, 1.165) is 12.1 Å². The monoisotopic (exact) mass is 144 g/mol. The zero-order valence-electron chi connectivity index (χ0n) is 7.57. The lowest BCUT2D eigenvalue weighted by atomic mass is 10.4. The van der Waals surface area contributed by atoms with Crippen LogP contribution in [0.1, 0.15) is 27.7 Å². The molecule has 2 atom stereocenters. The van der Waals surface area contributed by atoms with E-state index in [-0.39, 0.29) is 0 Å². The fraction of sp³-hybridized carbons (Fsp3) is 1.00. The Morgan fingerprint density at radius 2 is 1.30 bits per heavy atom. The van der Waals surface area contributed by atoms with Crippen molar-refractivity contribution < 1.29 is 0 Å². The summed E-state index contributed by atoms with van der Waals surface area (Å²) in [7, 11) is 0. The van der Waals surface area contributed by atoms with Crippen molar-refractivity contribution >= 4 is 0 Å². The first-order chi connectivity index (χ1) is 4.97. The van der Waals surface area contributed by atoms with Crippen molar-refractivity contribution in [2.75, 3.05) is 13.1 Å². The maximum atomic E-state index is 3.31. The Labute approximate surface area is 64.4 Å². The second kappa shape index (κ2) is 5.69. The molecule has 2 unspecified atom stereocenters. The first kappa shape index (κ1) is 9.92. The maximum Gasteiger partial charge on any atom is 0.0362 e. The fourth-order valence-corrected chi connectivity index (χ4v) is 1.02. The molecular weight excluding hydrogens is 124 g/mol. The molecular formula is C8H20N2. The largest absolute Gasteiger partial charge is 0.314 e. The molecule has 0 radical (unpaired) electrons. The molecule has 2 aliphatic rings. The van der Waals surface area contributed by atoms with Gasteiger partial charge in [0, 0.05) is 25.2 Å². The van der Waals surface area contributed by atoms with Crippen LogP contribution in [0.25, 0.3) is 0 Å². The Hall–Kier alpha value is -0.0800. The number of rotatable bonds is 0. The van der Waals surface area contributed by atoms with Crippen molar-refractivity contribution in [1.29, 1.82) is 0 Å². The third-order valence-electron chi connectivity index (χ3n) is 1.53. The zero-order valence-corrected chi connectivity index (χ0v) is 7.57. The van der Waals surface area contributed by atoms with Gasteiger partial charge in [-0.15, -0.1) is 0 Å². The van der Waals surface area contributed by atoms with E-state index >= 15 is 0 Å². The predicted octanol–water partition coefficient (Wildman–Crippen LogP) is 0.982. The first-order valence-corrected chi connectivity index (χ1v) is 4.43. The summed E-state index contributed by atoms with van der Waals surface area (Å²) in [4.78, 5) is 0. The molecule has 2 heteroatoms. The van der Waals surface area contributed by atoms with Crippen molar-refractivity contribution in [3.63, 3.8) is 0 Å². The van der Waals surface area contributed by atoms with Crippen LogP contribution in [0.15, 0.2) is 0 Å². The average molecular weight is 144 g/mol. The third kappa shape index (κ3) is 2.67. The van der Waals surface area contributed by atoms with Crippen LogP contribution in [0.5, 0.6) is 0 Å². The molecule has 0 aliphatic carbocycles. The Morgan fingerprint density at radius 1 is 0.900 bits per heavy atom. The molecule has 0 aromatic rings. The van der Waals surface area contributed by atoms with Gasteiger partial charge in [-0.2, -0.15) is 0 Å². The van der Waals surface area contributed by atoms with Gasteiger partial charge in [0.05, 0.1) is 0 Å².